The van der Waals surface area contributed by atoms with Gasteiger partial charge in [-0.3, -0.25) is 0 Å². The first-order valence-corrected chi connectivity index (χ1v) is 5.77. The number of amides is 2. The summed E-state index contributed by atoms with van der Waals surface area (Å²) >= 11 is 5.78. The molecule has 0 radical (unpaired) electrons. The van der Waals surface area contributed by atoms with Gasteiger partial charge in [-0.05, 0) is 12.1 Å². The first-order valence-electron chi connectivity index (χ1n) is 5.40. The summed E-state index contributed by atoms with van der Waals surface area (Å²) < 4.78 is 4.50. The van der Waals surface area contributed by atoms with Crippen LogP contribution in [0.25, 0.3) is 0 Å². The van der Waals surface area contributed by atoms with Crippen molar-refractivity contribution in [1.82, 2.24) is 15.5 Å². The van der Waals surface area contributed by atoms with Crippen LogP contribution in [0.4, 0.5) is 10.5 Å². The molecule has 1 heterocycles. The van der Waals surface area contributed by atoms with Crippen LogP contribution in [-0.2, 0) is 6.54 Å². The van der Waals surface area contributed by atoms with E-state index in [1.54, 1.807) is 0 Å². The number of aromatic carboxylic acids is 1. The van der Waals surface area contributed by atoms with Crippen molar-refractivity contribution in [1.29, 1.82) is 0 Å². The van der Waals surface area contributed by atoms with E-state index in [2.05, 4.69) is 25.3 Å². The third-order valence-electron chi connectivity index (χ3n) is 2.29. The summed E-state index contributed by atoms with van der Waals surface area (Å²) in [5, 5.41) is 17.4. The number of carboxylic acid groups (broad SMARTS) is 1. The fourth-order valence-electron chi connectivity index (χ4n) is 1.44. The Labute approximate surface area is 117 Å². The van der Waals surface area contributed by atoms with Crippen molar-refractivity contribution < 1.29 is 19.2 Å². The molecule has 0 bridgehead atoms. The summed E-state index contributed by atoms with van der Waals surface area (Å²) in [4.78, 5) is 26.4. The lowest BCUT2D eigenvalue weighted by atomic mass is 10.2. The van der Waals surface area contributed by atoms with Crippen molar-refractivity contribution in [3.63, 3.8) is 0 Å². The molecule has 3 N–H and O–H groups in total. The zero-order valence-electron chi connectivity index (χ0n) is 9.96. The second-order valence-electron chi connectivity index (χ2n) is 3.62. The highest BCUT2D eigenvalue weighted by Gasteiger charge is 2.16. The maximum Gasteiger partial charge on any atom is 0.339 e. The number of carboxylic acids is 1. The van der Waals surface area contributed by atoms with Gasteiger partial charge < -0.3 is 20.3 Å². The van der Waals surface area contributed by atoms with Gasteiger partial charge in [0.05, 0.1) is 17.3 Å². The second kappa shape index (κ2) is 6.02. The Morgan fingerprint density at radius 1 is 1.40 bits per heavy atom. The van der Waals surface area contributed by atoms with Crippen molar-refractivity contribution >= 4 is 29.3 Å². The molecule has 0 aliphatic carbocycles. The largest absolute Gasteiger partial charge is 0.478 e. The predicted octanol–water partition coefficient (Wildman–Crippen LogP) is 1.74. The Morgan fingerprint density at radius 2 is 2.20 bits per heavy atom. The zero-order valence-corrected chi connectivity index (χ0v) is 10.7. The Morgan fingerprint density at radius 3 is 2.85 bits per heavy atom. The molecule has 8 nitrogen and oxygen atoms in total. The Balaban J connectivity index is 2.04. The van der Waals surface area contributed by atoms with E-state index < -0.39 is 12.0 Å². The molecule has 20 heavy (non-hydrogen) atoms. The van der Waals surface area contributed by atoms with E-state index in [1.807, 2.05) is 0 Å². The number of halogens is 1. The van der Waals surface area contributed by atoms with Gasteiger partial charge in [0.25, 0.3) is 0 Å². The molecule has 2 amide bonds. The molecule has 104 valence electrons. The minimum atomic E-state index is -1.23. The van der Waals surface area contributed by atoms with Crippen molar-refractivity contribution in [3.8, 4) is 0 Å². The highest BCUT2D eigenvalue weighted by molar-refractivity contribution is 6.34. The van der Waals surface area contributed by atoms with Crippen molar-refractivity contribution in [3.05, 3.63) is 41.0 Å². The van der Waals surface area contributed by atoms with Crippen LogP contribution in [0.15, 0.2) is 29.1 Å². The summed E-state index contributed by atoms with van der Waals surface area (Å²) in [7, 11) is 0. The van der Waals surface area contributed by atoms with Gasteiger partial charge in [-0.25, -0.2) is 9.59 Å². The molecule has 0 spiro atoms. The number of benzene rings is 1. The van der Waals surface area contributed by atoms with Crippen LogP contribution in [0.5, 0.6) is 0 Å². The van der Waals surface area contributed by atoms with Gasteiger partial charge in [0, 0.05) is 0 Å². The van der Waals surface area contributed by atoms with E-state index in [-0.39, 0.29) is 22.8 Å². The summed E-state index contributed by atoms with van der Waals surface area (Å²) in [5.41, 5.74) is -0.0838. The monoisotopic (exact) mass is 296 g/mol. The van der Waals surface area contributed by atoms with E-state index in [9.17, 15) is 9.59 Å². The van der Waals surface area contributed by atoms with E-state index in [0.29, 0.717) is 5.82 Å². The van der Waals surface area contributed by atoms with Gasteiger partial charge in [-0.2, -0.15) is 4.98 Å². The number of urea groups is 1. The predicted molar refractivity (Wildman–Crippen MR) is 68.6 cm³/mol. The second-order valence-corrected chi connectivity index (χ2v) is 4.03. The number of nitrogens with zero attached hydrogens (tertiary/aromatic N) is 2. The first-order chi connectivity index (χ1) is 9.58. The van der Waals surface area contributed by atoms with Crippen LogP contribution in [0.2, 0.25) is 5.02 Å². The van der Waals surface area contributed by atoms with E-state index in [4.69, 9.17) is 16.7 Å². The number of rotatable bonds is 4. The lowest BCUT2D eigenvalue weighted by molar-refractivity contribution is 0.0698. The number of anilines is 1. The number of nitrogens with one attached hydrogen (secondary N) is 2. The summed E-state index contributed by atoms with van der Waals surface area (Å²) in [6.07, 6.45) is 1.13. The van der Waals surface area contributed by atoms with E-state index >= 15 is 0 Å². The highest BCUT2D eigenvalue weighted by atomic mass is 35.5. The molecular formula is C11H9ClN4O4. The smallest absolute Gasteiger partial charge is 0.339 e. The quantitative estimate of drug-likeness (QED) is 0.791. The lowest BCUT2D eigenvalue weighted by Gasteiger charge is -2.09. The van der Waals surface area contributed by atoms with Crippen LogP contribution >= 0.6 is 11.6 Å². The van der Waals surface area contributed by atoms with Gasteiger partial charge in [0.1, 0.15) is 5.56 Å². The third kappa shape index (κ3) is 3.23. The number of carbonyl (C=O) groups is 2. The fourth-order valence-corrected chi connectivity index (χ4v) is 1.70. The Kier molecular flexibility index (Phi) is 4.16. The van der Waals surface area contributed by atoms with Crippen molar-refractivity contribution in [2.75, 3.05) is 5.32 Å². The van der Waals surface area contributed by atoms with Gasteiger partial charge >= 0.3 is 12.0 Å². The molecule has 0 fully saturated rings. The van der Waals surface area contributed by atoms with Crippen LogP contribution in [0.1, 0.15) is 16.2 Å². The van der Waals surface area contributed by atoms with E-state index in [0.717, 1.165) is 6.39 Å². The molecule has 1 aromatic carbocycles. The normalized spacial score (nSPS) is 10.1. The molecule has 1 aromatic heterocycles. The molecule has 0 atom stereocenters. The molecule has 0 aliphatic heterocycles. The molecule has 0 unspecified atom stereocenters. The number of hydrogen-bond acceptors (Lipinski definition) is 5. The van der Waals surface area contributed by atoms with E-state index in [1.165, 1.54) is 18.2 Å². The van der Waals surface area contributed by atoms with Crippen LogP contribution < -0.4 is 10.6 Å². The van der Waals surface area contributed by atoms with Crippen molar-refractivity contribution in [2.24, 2.45) is 0 Å². The first kappa shape index (κ1) is 13.8. The maximum absolute atomic E-state index is 11.6. The molecule has 0 saturated heterocycles. The fraction of sp³-hybridized carbons (Fsp3) is 0.0909. The molecule has 0 aliphatic rings. The number of aromatic nitrogens is 2. The highest BCUT2D eigenvalue weighted by Crippen LogP contribution is 2.24. The molecule has 0 saturated carbocycles. The maximum atomic E-state index is 11.6. The SMILES string of the molecule is O=C(NCc1ncon1)Nc1cccc(Cl)c1C(=O)O. The Hall–Kier alpha value is -2.61. The average Bonchev–Trinajstić information content (AvgIpc) is 2.89. The van der Waals surface area contributed by atoms with Crippen molar-refractivity contribution in [2.45, 2.75) is 6.54 Å². The molecule has 9 heteroatoms. The van der Waals surface area contributed by atoms with Crippen LogP contribution in [0, 0.1) is 0 Å². The minimum absolute atomic E-state index is 0.0356. The van der Waals surface area contributed by atoms with Crippen LogP contribution in [0.3, 0.4) is 0 Å². The standard InChI is InChI=1S/C11H9ClN4O4/c12-6-2-1-3-7(9(6)10(17)18)15-11(19)13-4-8-14-5-20-16-8/h1-3,5H,4H2,(H,17,18)(H2,13,15,19). The van der Waals surface area contributed by atoms with Gasteiger partial charge in [-0.1, -0.05) is 22.8 Å². The molecular weight excluding hydrogens is 288 g/mol. The Bertz CT molecular complexity index is 629. The lowest BCUT2D eigenvalue weighted by Crippen LogP contribution is -2.29. The summed E-state index contributed by atoms with van der Waals surface area (Å²) in [6, 6.07) is 3.78. The minimum Gasteiger partial charge on any atom is -0.478 e. The third-order valence-corrected chi connectivity index (χ3v) is 2.60. The zero-order chi connectivity index (χ0) is 14.5. The van der Waals surface area contributed by atoms with Gasteiger partial charge in [0.15, 0.2) is 5.82 Å². The topological polar surface area (TPSA) is 117 Å². The summed E-state index contributed by atoms with van der Waals surface area (Å²) in [5.74, 6) is -0.936. The van der Waals surface area contributed by atoms with Gasteiger partial charge in [-0.15, -0.1) is 0 Å². The average molecular weight is 297 g/mol. The van der Waals surface area contributed by atoms with Crippen LogP contribution in [-0.4, -0.2) is 27.2 Å². The number of hydrogen-bond donors (Lipinski definition) is 3. The molecule has 2 rings (SSSR count). The number of carbonyl (C=O) groups excluding carboxylic acids is 1. The summed E-state index contributed by atoms with van der Waals surface area (Å²) in [6.45, 7) is 0.0469. The molecule has 2 aromatic rings. The van der Waals surface area contributed by atoms with Gasteiger partial charge in [0.2, 0.25) is 6.39 Å².